The van der Waals surface area contributed by atoms with Gasteiger partial charge in [0.05, 0.1) is 6.61 Å². The Bertz CT molecular complexity index is 377. The minimum atomic E-state index is 0.269. The van der Waals surface area contributed by atoms with E-state index in [9.17, 15) is 4.79 Å². The molecule has 1 aromatic carbocycles. The van der Waals surface area contributed by atoms with E-state index in [1.165, 1.54) is 5.56 Å². The molecular weight excluding hydrogens is 226 g/mol. The normalized spacial score (nSPS) is 20.8. The molecule has 0 aromatic heterocycles. The van der Waals surface area contributed by atoms with Gasteiger partial charge in [0.1, 0.15) is 0 Å². The quantitative estimate of drug-likeness (QED) is 0.818. The van der Waals surface area contributed by atoms with Gasteiger partial charge in [0.25, 0.3) is 0 Å². The minimum Gasteiger partial charge on any atom is -0.383 e. The summed E-state index contributed by atoms with van der Waals surface area (Å²) in [5, 5.41) is 0. The molecule has 18 heavy (non-hydrogen) atoms. The first-order valence-electron chi connectivity index (χ1n) is 6.63. The molecule has 0 N–H and O–H groups in total. The van der Waals surface area contributed by atoms with Crippen LogP contribution < -0.4 is 0 Å². The van der Waals surface area contributed by atoms with E-state index >= 15 is 0 Å². The van der Waals surface area contributed by atoms with Gasteiger partial charge in [0.2, 0.25) is 5.91 Å². The lowest BCUT2D eigenvalue weighted by Gasteiger charge is -2.24. The molecule has 0 bridgehead atoms. The van der Waals surface area contributed by atoms with E-state index in [-0.39, 0.29) is 5.91 Å². The van der Waals surface area contributed by atoms with Crippen LogP contribution in [0, 0.1) is 0 Å². The van der Waals surface area contributed by atoms with Crippen molar-refractivity contribution in [3.8, 4) is 0 Å². The molecule has 98 valence electrons. The number of carbonyl (C=O) groups is 1. The smallest absolute Gasteiger partial charge is 0.222 e. The number of hydrogen-bond donors (Lipinski definition) is 0. The van der Waals surface area contributed by atoms with E-state index in [1.54, 1.807) is 7.11 Å². The first-order valence-corrected chi connectivity index (χ1v) is 6.63. The lowest BCUT2D eigenvalue weighted by molar-refractivity contribution is -0.131. The van der Waals surface area contributed by atoms with Crippen molar-refractivity contribution in [1.82, 2.24) is 4.90 Å². The summed E-state index contributed by atoms with van der Waals surface area (Å²) in [7, 11) is 1.68. The van der Waals surface area contributed by atoms with Crippen LogP contribution in [0.5, 0.6) is 0 Å². The van der Waals surface area contributed by atoms with Gasteiger partial charge in [-0.1, -0.05) is 30.3 Å². The molecule has 1 fully saturated rings. The molecule has 1 aromatic rings. The number of likely N-dealkylation sites (tertiary alicyclic amines) is 1. The van der Waals surface area contributed by atoms with Gasteiger partial charge in [-0.15, -0.1) is 0 Å². The fourth-order valence-electron chi connectivity index (χ4n) is 2.53. The molecular formula is C15H21NO2. The molecule has 0 radical (unpaired) electrons. The third-order valence-electron chi connectivity index (χ3n) is 3.57. The maximum absolute atomic E-state index is 12.0. The highest BCUT2D eigenvalue weighted by molar-refractivity contribution is 5.76. The summed E-state index contributed by atoms with van der Waals surface area (Å²) in [5.74, 6) is 0.736. The Labute approximate surface area is 109 Å². The van der Waals surface area contributed by atoms with E-state index in [0.29, 0.717) is 25.5 Å². The summed E-state index contributed by atoms with van der Waals surface area (Å²) in [6.07, 6.45) is 2.76. The van der Waals surface area contributed by atoms with Crippen molar-refractivity contribution in [1.29, 1.82) is 0 Å². The second kappa shape index (κ2) is 6.55. The Morgan fingerprint density at radius 2 is 2.11 bits per heavy atom. The molecule has 3 nitrogen and oxygen atoms in total. The van der Waals surface area contributed by atoms with Crippen LogP contribution in [0.2, 0.25) is 0 Å². The molecule has 1 amide bonds. The second-order valence-corrected chi connectivity index (χ2v) is 4.83. The molecule has 1 atom stereocenters. The number of benzene rings is 1. The van der Waals surface area contributed by atoms with Gasteiger partial charge in [-0.3, -0.25) is 4.79 Å². The molecule has 0 saturated carbocycles. The molecule has 0 unspecified atom stereocenters. The van der Waals surface area contributed by atoms with E-state index < -0.39 is 0 Å². The van der Waals surface area contributed by atoms with Gasteiger partial charge in [0.15, 0.2) is 0 Å². The standard InChI is InChI=1S/C15H21NO2/c1-18-11-10-16-12-14(8-5-9-15(16)17)13-6-3-2-4-7-13/h2-4,6-7,14H,5,8-12H2,1H3/t14-/m1/s1. The number of carbonyl (C=O) groups excluding carboxylic acids is 1. The zero-order valence-corrected chi connectivity index (χ0v) is 11.0. The first kappa shape index (κ1) is 13.1. The molecule has 3 heteroatoms. The van der Waals surface area contributed by atoms with Gasteiger partial charge in [-0.2, -0.15) is 0 Å². The zero-order valence-electron chi connectivity index (χ0n) is 11.0. The Hall–Kier alpha value is -1.35. The van der Waals surface area contributed by atoms with Crippen molar-refractivity contribution in [3.63, 3.8) is 0 Å². The van der Waals surface area contributed by atoms with E-state index in [1.807, 2.05) is 11.0 Å². The summed E-state index contributed by atoms with van der Waals surface area (Å²) < 4.78 is 5.08. The predicted molar refractivity (Wildman–Crippen MR) is 71.5 cm³/mol. The Morgan fingerprint density at radius 1 is 1.33 bits per heavy atom. The van der Waals surface area contributed by atoms with Crippen LogP contribution in [0.15, 0.2) is 30.3 Å². The van der Waals surface area contributed by atoms with E-state index in [2.05, 4.69) is 24.3 Å². The third-order valence-corrected chi connectivity index (χ3v) is 3.57. The number of amides is 1. The third kappa shape index (κ3) is 3.33. The maximum atomic E-state index is 12.0. The highest BCUT2D eigenvalue weighted by Gasteiger charge is 2.23. The van der Waals surface area contributed by atoms with Crippen molar-refractivity contribution in [2.45, 2.75) is 25.2 Å². The summed E-state index contributed by atoms with van der Waals surface area (Å²) >= 11 is 0. The predicted octanol–water partition coefficient (Wildman–Crippen LogP) is 2.43. The SMILES string of the molecule is COCCN1C[C@H](c2ccccc2)CCCC1=O. The fraction of sp³-hybridized carbons (Fsp3) is 0.533. The van der Waals surface area contributed by atoms with E-state index in [0.717, 1.165) is 19.4 Å². The number of nitrogens with zero attached hydrogens (tertiary/aromatic N) is 1. The topological polar surface area (TPSA) is 29.5 Å². The summed E-state index contributed by atoms with van der Waals surface area (Å²) in [4.78, 5) is 13.9. The lowest BCUT2D eigenvalue weighted by atomic mass is 9.94. The van der Waals surface area contributed by atoms with E-state index in [4.69, 9.17) is 4.74 Å². The average molecular weight is 247 g/mol. The number of methoxy groups -OCH3 is 1. The van der Waals surface area contributed by atoms with Crippen molar-refractivity contribution in [2.75, 3.05) is 26.8 Å². The van der Waals surface area contributed by atoms with Gasteiger partial charge >= 0.3 is 0 Å². The minimum absolute atomic E-state index is 0.269. The second-order valence-electron chi connectivity index (χ2n) is 4.83. The number of hydrogen-bond acceptors (Lipinski definition) is 2. The van der Waals surface area contributed by atoms with Gasteiger partial charge in [-0.25, -0.2) is 0 Å². The summed E-state index contributed by atoms with van der Waals surface area (Å²) in [5.41, 5.74) is 1.34. The molecule has 1 heterocycles. The number of rotatable bonds is 4. The molecule has 0 spiro atoms. The van der Waals surface area contributed by atoms with Crippen LogP contribution >= 0.6 is 0 Å². The Morgan fingerprint density at radius 3 is 2.83 bits per heavy atom. The largest absolute Gasteiger partial charge is 0.383 e. The summed E-state index contributed by atoms with van der Waals surface area (Å²) in [6, 6.07) is 10.5. The first-order chi connectivity index (χ1) is 8.81. The van der Waals surface area contributed by atoms with Crippen LogP contribution in [-0.2, 0) is 9.53 Å². The van der Waals surface area contributed by atoms with Crippen LogP contribution in [0.3, 0.4) is 0 Å². The molecule has 1 aliphatic rings. The van der Waals surface area contributed by atoms with Gasteiger partial charge in [0, 0.05) is 32.5 Å². The Balaban J connectivity index is 2.06. The van der Waals surface area contributed by atoms with Gasteiger partial charge in [-0.05, 0) is 18.4 Å². The lowest BCUT2D eigenvalue weighted by Crippen LogP contribution is -2.35. The summed E-state index contributed by atoms with van der Waals surface area (Å²) in [6.45, 7) is 2.15. The highest BCUT2D eigenvalue weighted by Crippen LogP contribution is 2.26. The Kier molecular flexibility index (Phi) is 4.76. The van der Waals surface area contributed by atoms with Crippen LogP contribution in [0.25, 0.3) is 0 Å². The molecule has 1 saturated heterocycles. The molecule has 0 aliphatic carbocycles. The zero-order chi connectivity index (χ0) is 12.8. The molecule has 2 rings (SSSR count). The van der Waals surface area contributed by atoms with Crippen LogP contribution in [-0.4, -0.2) is 37.6 Å². The fourth-order valence-corrected chi connectivity index (χ4v) is 2.53. The van der Waals surface area contributed by atoms with Gasteiger partial charge < -0.3 is 9.64 Å². The monoisotopic (exact) mass is 247 g/mol. The van der Waals surface area contributed by atoms with Crippen LogP contribution in [0.1, 0.15) is 30.7 Å². The average Bonchev–Trinajstić information content (AvgIpc) is 2.60. The number of ether oxygens (including phenoxy) is 1. The maximum Gasteiger partial charge on any atom is 0.222 e. The van der Waals surface area contributed by atoms with Crippen molar-refractivity contribution < 1.29 is 9.53 Å². The van der Waals surface area contributed by atoms with Crippen molar-refractivity contribution >= 4 is 5.91 Å². The molecule has 1 aliphatic heterocycles. The van der Waals surface area contributed by atoms with Crippen LogP contribution in [0.4, 0.5) is 0 Å². The highest BCUT2D eigenvalue weighted by atomic mass is 16.5. The van der Waals surface area contributed by atoms with Crippen molar-refractivity contribution in [3.05, 3.63) is 35.9 Å². The van der Waals surface area contributed by atoms with Crippen molar-refractivity contribution in [2.24, 2.45) is 0 Å².